The maximum absolute atomic E-state index is 13.6. The molecule has 0 aliphatic rings. The van der Waals surface area contributed by atoms with Crippen molar-refractivity contribution in [1.29, 1.82) is 0 Å². The molecule has 1 aromatic carbocycles. The Labute approximate surface area is 105 Å². The van der Waals surface area contributed by atoms with Crippen LogP contribution in [0, 0.1) is 18.6 Å². The fraction of sp³-hybridized carbons (Fsp3) is 0.0833. The fourth-order valence-electron chi connectivity index (χ4n) is 1.55. The summed E-state index contributed by atoms with van der Waals surface area (Å²) in [7, 11) is 0. The Morgan fingerprint density at radius 1 is 1.28 bits per heavy atom. The number of aromatic carboxylic acids is 1. The van der Waals surface area contributed by atoms with Crippen molar-refractivity contribution >= 4 is 23.0 Å². The van der Waals surface area contributed by atoms with Gasteiger partial charge >= 0.3 is 5.97 Å². The molecular formula is C12H9F2NO2S. The van der Waals surface area contributed by atoms with E-state index in [0.29, 0.717) is 4.88 Å². The summed E-state index contributed by atoms with van der Waals surface area (Å²) in [6.45, 7) is 1.51. The lowest BCUT2D eigenvalue weighted by molar-refractivity contribution is 0.0703. The molecule has 2 rings (SSSR count). The molecule has 6 heteroatoms. The van der Waals surface area contributed by atoms with Crippen LogP contribution in [-0.4, -0.2) is 11.1 Å². The zero-order chi connectivity index (χ0) is 13.4. The van der Waals surface area contributed by atoms with E-state index in [1.165, 1.54) is 19.1 Å². The van der Waals surface area contributed by atoms with E-state index in [9.17, 15) is 13.6 Å². The molecule has 0 fully saturated rings. The fourth-order valence-corrected chi connectivity index (χ4v) is 2.49. The first-order chi connectivity index (χ1) is 8.40. The molecule has 0 spiro atoms. The zero-order valence-corrected chi connectivity index (χ0v) is 10.1. The van der Waals surface area contributed by atoms with Gasteiger partial charge in [-0.05, 0) is 24.6 Å². The van der Waals surface area contributed by atoms with Gasteiger partial charge in [-0.2, -0.15) is 0 Å². The molecule has 0 amide bonds. The average molecular weight is 269 g/mol. The van der Waals surface area contributed by atoms with Crippen molar-refractivity contribution in [2.24, 2.45) is 0 Å². The van der Waals surface area contributed by atoms with E-state index in [4.69, 9.17) is 10.8 Å². The van der Waals surface area contributed by atoms with Gasteiger partial charge in [0.05, 0.1) is 5.69 Å². The van der Waals surface area contributed by atoms with Gasteiger partial charge in [0, 0.05) is 16.5 Å². The minimum atomic E-state index is -1.16. The molecule has 0 saturated carbocycles. The second-order valence-electron chi connectivity index (χ2n) is 3.78. The molecular weight excluding hydrogens is 260 g/mol. The molecule has 2 aromatic rings. The third-order valence-corrected chi connectivity index (χ3v) is 3.64. The Morgan fingerprint density at radius 2 is 1.94 bits per heavy atom. The maximum Gasteiger partial charge on any atom is 0.348 e. The van der Waals surface area contributed by atoms with Crippen molar-refractivity contribution in [2.75, 3.05) is 5.73 Å². The standard InChI is InChI=1S/C12H9F2NO2S/c1-5-2-6(8(14)3-7(5)13)10-4-9(15)11(18-10)12(16)17/h2-4H,15H2,1H3,(H,16,17). The molecule has 0 aliphatic heterocycles. The third-order valence-electron chi connectivity index (χ3n) is 2.47. The summed E-state index contributed by atoms with van der Waals surface area (Å²) in [5.74, 6) is -2.54. The topological polar surface area (TPSA) is 63.3 Å². The summed E-state index contributed by atoms with van der Waals surface area (Å²) in [5, 5.41) is 8.87. The van der Waals surface area contributed by atoms with Crippen LogP contribution in [0.15, 0.2) is 18.2 Å². The molecule has 3 N–H and O–H groups in total. The summed E-state index contributed by atoms with van der Waals surface area (Å²) in [4.78, 5) is 11.2. The second-order valence-corrected chi connectivity index (χ2v) is 4.83. The maximum atomic E-state index is 13.6. The number of anilines is 1. The van der Waals surface area contributed by atoms with Gasteiger partial charge in [0.15, 0.2) is 0 Å². The van der Waals surface area contributed by atoms with Gasteiger partial charge in [0.1, 0.15) is 16.5 Å². The number of carbonyl (C=O) groups is 1. The molecule has 0 saturated heterocycles. The molecule has 0 radical (unpaired) electrons. The van der Waals surface area contributed by atoms with Crippen LogP contribution < -0.4 is 5.73 Å². The van der Waals surface area contributed by atoms with Crippen LogP contribution >= 0.6 is 11.3 Å². The highest BCUT2D eigenvalue weighted by molar-refractivity contribution is 7.17. The lowest BCUT2D eigenvalue weighted by atomic mass is 10.1. The molecule has 94 valence electrons. The number of carboxylic acid groups (broad SMARTS) is 1. The van der Waals surface area contributed by atoms with E-state index >= 15 is 0 Å². The third kappa shape index (κ3) is 2.06. The molecule has 0 atom stereocenters. The zero-order valence-electron chi connectivity index (χ0n) is 9.33. The minimum absolute atomic E-state index is 0.0496. The largest absolute Gasteiger partial charge is 0.477 e. The van der Waals surface area contributed by atoms with Crippen molar-refractivity contribution < 1.29 is 18.7 Å². The highest BCUT2D eigenvalue weighted by Gasteiger charge is 2.17. The van der Waals surface area contributed by atoms with Gasteiger partial charge in [-0.25, -0.2) is 13.6 Å². The van der Waals surface area contributed by atoms with Gasteiger partial charge in [0.2, 0.25) is 0 Å². The highest BCUT2D eigenvalue weighted by Crippen LogP contribution is 2.35. The van der Waals surface area contributed by atoms with Gasteiger partial charge < -0.3 is 10.8 Å². The first-order valence-electron chi connectivity index (χ1n) is 4.98. The summed E-state index contributed by atoms with van der Waals surface area (Å²) >= 11 is 0.862. The molecule has 1 aromatic heterocycles. The monoisotopic (exact) mass is 269 g/mol. The number of nitrogen functional groups attached to an aromatic ring is 1. The van der Waals surface area contributed by atoms with Crippen LogP contribution in [0.4, 0.5) is 14.5 Å². The summed E-state index contributed by atoms with van der Waals surface area (Å²) in [6.07, 6.45) is 0. The minimum Gasteiger partial charge on any atom is -0.477 e. The lowest BCUT2D eigenvalue weighted by Crippen LogP contribution is -1.96. The van der Waals surface area contributed by atoms with E-state index < -0.39 is 17.6 Å². The van der Waals surface area contributed by atoms with Crippen molar-refractivity contribution in [1.82, 2.24) is 0 Å². The Balaban J connectivity index is 2.59. The van der Waals surface area contributed by atoms with E-state index in [-0.39, 0.29) is 21.7 Å². The molecule has 1 heterocycles. The Kier molecular flexibility index (Phi) is 3.04. The van der Waals surface area contributed by atoms with Crippen LogP contribution in [0.5, 0.6) is 0 Å². The van der Waals surface area contributed by atoms with Gasteiger partial charge in [0.25, 0.3) is 0 Å². The number of thiophene rings is 1. The molecule has 3 nitrogen and oxygen atoms in total. The van der Waals surface area contributed by atoms with Crippen molar-refractivity contribution in [3.63, 3.8) is 0 Å². The van der Waals surface area contributed by atoms with Crippen molar-refractivity contribution in [2.45, 2.75) is 6.92 Å². The van der Waals surface area contributed by atoms with Gasteiger partial charge in [-0.15, -0.1) is 11.3 Å². The number of halogens is 2. The van der Waals surface area contributed by atoms with E-state index in [2.05, 4.69) is 0 Å². The Morgan fingerprint density at radius 3 is 2.50 bits per heavy atom. The van der Waals surface area contributed by atoms with Crippen molar-refractivity contribution in [3.05, 3.63) is 40.3 Å². The molecule has 0 aliphatic carbocycles. The van der Waals surface area contributed by atoms with E-state index in [0.717, 1.165) is 17.4 Å². The van der Waals surface area contributed by atoms with Crippen LogP contribution in [0.2, 0.25) is 0 Å². The predicted molar refractivity (Wildman–Crippen MR) is 65.8 cm³/mol. The number of nitrogens with two attached hydrogens (primary N) is 1. The van der Waals surface area contributed by atoms with E-state index in [1.807, 2.05) is 0 Å². The summed E-state index contributed by atoms with van der Waals surface area (Å²) in [6, 6.07) is 3.49. The van der Waals surface area contributed by atoms with Crippen molar-refractivity contribution in [3.8, 4) is 10.4 Å². The second kappa shape index (κ2) is 4.38. The quantitative estimate of drug-likeness (QED) is 0.879. The number of aryl methyl sites for hydroxylation is 1. The normalized spacial score (nSPS) is 10.6. The smallest absolute Gasteiger partial charge is 0.348 e. The number of benzene rings is 1. The number of carboxylic acids is 1. The van der Waals surface area contributed by atoms with Gasteiger partial charge in [-0.3, -0.25) is 0 Å². The summed E-state index contributed by atoms with van der Waals surface area (Å²) < 4.78 is 26.8. The lowest BCUT2D eigenvalue weighted by Gasteiger charge is -2.03. The first-order valence-corrected chi connectivity index (χ1v) is 5.80. The average Bonchev–Trinajstić information content (AvgIpc) is 2.65. The molecule has 18 heavy (non-hydrogen) atoms. The van der Waals surface area contributed by atoms with Crippen LogP contribution in [0.25, 0.3) is 10.4 Å². The number of hydrogen-bond acceptors (Lipinski definition) is 3. The number of hydrogen-bond donors (Lipinski definition) is 2. The summed E-state index contributed by atoms with van der Waals surface area (Å²) in [5.41, 5.74) is 6.04. The predicted octanol–water partition coefficient (Wildman–Crippen LogP) is 3.28. The first kappa shape index (κ1) is 12.5. The van der Waals surface area contributed by atoms with Gasteiger partial charge in [-0.1, -0.05) is 0 Å². The molecule has 0 unspecified atom stereocenters. The van der Waals surface area contributed by atoms with Crippen LogP contribution in [0.1, 0.15) is 15.2 Å². The number of rotatable bonds is 2. The van der Waals surface area contributed by atoms with E-state index in [1.54, 1.807) is 0 Å². The highest BCUT2D eigenvalue weighted by atomic mass is 32.1. The SMILES string of the molecule is Cc1cc(-c2cc(N)c(C(=O)O)s2)c(F)cc1F. The van der Waals surface area contributed by atoms with Crippen LogP contribution in [-0.2, 0) is 0 Å². The van der Waals surface area contributed by atoms with Crippen LogP contribution in [0.3, 0.4) is 0 Å². The molecule has 0 bridgehead atoms. The Bertz CT molecular complexity index is 637. The Hall–Kier alpha value is -1.95.